The van der Waals surface area contributed by atoms with E-state index in [1.165, 1.54) is 4.90 Å². The molecule has 2 aliphatic rings. The zero-order valence-electron chi connectivity index (χ0n) is 8.91. The Kier molecular flexibility index (Phi) is 3.09. The summed E-state index contributed by atoms with van der Waals surface area (Å²) in [6.45, 7) is 0.465. The number of ether oxygens (including phenoxy) is 1. The smallest absolute Gasteiger partial charge is 0.317 e. The summed E-state index contributed by atoms with van der Waals surface area (Å²) < 4.78 is 17.8. The molecule has 5 heteroatoms. The molecular formula is C10H17FN2O2. The van der Waals surface area contributed by atoms with Crippen molar-refractivity contribution in [2.45, 2.75) is 37.6 Å². The lowest BCUT2D eigenvalue weighted by atomic mass is 10.2. The first kappa shape index (κ1) is 10.7. The van der Waals surface area contributed by atoms with E-state index in [1.54, 1.807) is 7.11 Å². The number of rotatable bonds is 2. The van der Waals surface area contributed by atoms with Gasteiger partial charge in [-0.15, -0.1) is 0 Å². The van der Waals surface area contributed by atoms with Gasteiger partial charge in [0, 0.05) is 7.11 Å². The van der Waals surface area contributed by atoms with E-state index >= 15 is 0 Å². The van der Waals surface area contributed by atoms with Crippen molar-refractivity contribution < 1.29 is 13.9 Å². The van der Waals surface area contributed by atoms with Crippen LogP contribution in [0.4, 0.5) is 9.18 Å². The van der Waals surface area contributed by atoms with Crippen LogP contribution in [0.3, 0.4) is 0 Å². The number of halogens is 1. The molecule has 1 aliphatic heterocycles. The molecule has 1 saturated carbocycles. The van der Waals surface area contributed by atoms with E-state index in [0.29, 0.717) is 0 Å². The number of likely N-dealkylation sites (tertiary alicyclic amines) is 1. The lowest BCUT2D eigenvalue weighted by Gasteiger charge is -2.35. The average molecular weight is 216 g/mol. The fourth-order valence-electron chi connectivity index (χ4n) is 2.21. The van der Waals surface area contributed by atoms with Crippen LogP contribution < -0.4 is 5.32 Å². The number of hydrogen-bond donors (Lipinski definition) is 1. The highest BCUT2D eigenvalue weighted by atomic mass is 19.1. The van der Waals surface area contributed by atoms with Crippen LogP contribution >= 0.6 is 0 Å². The zero-order chi connectivity index (χ0) is 10.8. The van der Waals surface area contributed by atoms with Crippen molar-refractivity contribution in [3.8, 4) is 0 Å². The van der Waals surface area contributed by atoms with Gasteiger partial charge in [-0.25, -0.2) is 9.18 Å². The number of carbonyl (C=O) groups is 1. The summed E-state index contributed by atoms with van der Waals surface area (Å²) in [7, 11) is 1.66. The molecule has 1 saturated heterocycles. The molecule has 0 bridgehead atoms. The molecule has 1 N–H and O–H groups in total. The van der Waals surface area contributed by atoms with Crippen molar-refractivity contribution in [1.29, 1.82) is 0 Å². The van der Waals surface area contributed by atoms with Crippen LogP contribution in [-0.2, 0) is 4.74 Å². The largest absolute Gasteiger partial charge is 0.379 e. The molecule has 0 aromatic heterocycles. The zero-order valence-corrected chi connectivity index (χ0v) is 8.91. The molecule has 0 aromatic rings. The third-order valence-electron chi connectivity index (χ3n) is 3.19. The van der Waals surface area contributed by atoms with Gasteiger partial charge in [0.2, 0.25) is 0 Å². The van der Waals surface area contributed by atoms with E-state index in [-0.39, 0.29) is 31.3 Å². The lowest BCUT2D eigenvalue weighted by molar-refractivity contribution is 0.0683. The minimum atomic E-state index is -0.836. The Morgan fingerprint density at radius 2 is 2.20 bits per heavy atom. The second kappa shape index (κ2) is 4.35. The molecule has 0 unspecified atom stereocenters. The van der Waals surface area contributed by atoms with E-state index in [2.05, 4.69) is 5.32 Å². The van der Waals surface area contributed by atoms with Crippen LogP contribution in [0.5, 0.6) is 0 Å². The predicted molar refractivity (Wildman–Crippen MR) is 53.4 cm³/mol. The van der Waals surface area contributed by atoms with Gasteiger partial charge in [0.25, 0.3) is 0 Å². The highest BCUT2D eigenvalue weighted by molar-refractivity contribution is 5.75. The van der Waals surface area contributed by atoms with Gasteiger partial charge < -0.3 is 15.0 Å². The first-order chi connectivity index (χ1) is 7.20. The molecule has 0 radical (unpaired) electrons. The number of hydrogen-bond acceptors (Lipinski definition) is 2. The molecule has 1 aliphatic carbocycles. The van der Waals surface area contributed by atoms with Crippen molar-refractivity contribution in [3.63, 3.8) is 0 Å². The molecule has 1 heterocycles. The summed E-state index contributed by atoms with van der Waals surface area (Å²) in [6.07, 6.45) is 2.31. The van der Waals surface area contributed by atoms with Crippen LogP contribution in [-0.4, -0.2) is 49.4 Å². The van der Waals surface area contributed by atoms with Crippen LogP contribution in [0.15, 0.2) is 0 Å². The second-order valence-corrected chi connectivity index (χ2v) is 4.26. The fraction of sp³-hybridized carbons (Fsp3) is 0.900. The van der Waals surface area contributed by atoms with Gasteiger partial charge in [-0.05, 0) is 19.3 Å². The van der Waals surface area contributed by atoms with E-state index < -0.39 is 6.17 Å². The van der Waals surface area contributed by atoms with Gasteiger partial charge >= 0.3 is 6.03 Å². The third kappa shape index (κ3) is 2.22. The standard InChI is InChI=1S/C10H17FN2O2/c1-15-9-4-2-3-8(9)12-10(14)13-5-7(11)6-13/h7-9H,2-6H2,1H3,(H,12,14)/t8-,9-/m0/s1. The number of alkyl halides is 1. The minimum absolute atomic E-state index is 0.0983. The van der Waals surface area contributed by atoms with Crippen molar-refractivity contribution in [3.05, 3.63) is 0 Å². The Morgan fingerprint density at radius 1 is 1.47 bits per heavy atom. The summed E-state index contributed by atoms with van der Waals surface area (Å²) in [5, 5.41) is 2.90. The van der Waals surface area contributed by atoms with Crippen molar-refractivity contribution in [2.75, 3.05) is 20.2 Å². The Bertz CT molecular complexity index is 244. The average Bonchev–Trinajstić information content (AvgIpc) is 2.60. The Labute approximate surface area is 88.8 Å². The van der Waals surface area contributed by atoms with Crippen LogP contribution in [0.1, 0.15) is 19.3 Å². The normalized spacial score (nSPS) is 31.5. The number of methoxy groups -OCH3 is 1. The number of nitrogens with zero attached hydrogens (tertiary/aromatic N) is 1. The van der Waals surface area contributed by atoms with Crippen LogP contribution in [0, 0.1) is 0 Å². The molecule has 86 valence electrons. The maximum absolute atomic E-state index is 12.5. The first-order valence-electron chi connectivity index (χ1n) is 5.43. The number of urea groups is 1. The van der Waals surface area contributed by atoms with Gasteiger partial charge in [-0.2, -0.15) is 0 Å². The van der Waals surface area contributed by atoms with Crippen molar-refractivity contribution >= 4 is 6.03 Å². The quantitative estimate of drug-likeness (QED) is 0.745. The molecule has 2 rings (SSSR count). The maximum Gasteiger partial charge on any atom is 0.317 e. The molecule has 4 nitrogen and oxygen atoms in total. The molecule has 2 fully saturated rings. The highest BCUT2D eigenvalue weighted by Gasteiger charge is 2.34. The third-order valence-corrected chi connectivity index (χ3v) is 3.19. The van der Waals surface area contributed by atoms with Gasteiger partial charge in [0.05, 0.1) is 25.2 Å². The number of carbonyl (C=O) groups excluding carboxylic acids is 1. The van der Waals surface area contributed by atoms with Crippen LogP contribution in [0.25, 0.3) is 0 Å². The molecule has 15 heavy (non-hydrogen) atoms. The second-order valence-electron chi connectivity index (χ2n) is 4.26. The monoisotopic (exact) mass is 216 g/mol. The molecule has 2 atom stereocenters. The molecular weight excluding hydrogens is 199 g/mol. The molecule has 0 aromatic carbocycles. The van der Waals surface area contributed by atoms with Gasteiger partial charge in [-0.1, -0.05) is 0 Å². The topological polar surface area (TPSA) is 41.6 Å². The van der Waals surface area contributed by atoms with Crippen molar-refractivity contribution in [2.24, 2.45) is 0 Å². The molecule has 0 spiro atoms. The van der Waals surface area contributed by atoms with E-state index in [4.69, 9.17) is 4.74 Å². The van der Waals surface area contributed by atoms with Crippen LogP contribution in [0.2, 0.25) is 0 Å². The lowest BCUT2D eigenvalue weighted by Crippen LogP contribution is -2.57. The summed E-state index contributed by atoms with van der Waals surface area (Å²) in [4.78, 5) is 13.1. The van der Waals surface area contributed by atoms with Gasteiger partial charge in [-0.3, -0.25) is 0 Å². The molecule has 2 amide bonds. The Hall–Kier alpha value is -0.840. The summed E-state index contributed by atoms with van der Waals surface area (Å²) in [6, 6.07) is -0.0565. The van der Waals surface area contributed by atoms with Gasteiger partial charge in [0.15, 0.2) is 0 Å². The summed E-state index contributed by atoms with van der Waals surface area (Å²) >= 11 is 0. The van der Waals surface area contributed by atoms with E-state index in [9.17, 15) is 9.18 Å². The summed E-state index contributed by atoms with van der Waals surface area (Å²) in [5.74, 6) is 0. The van der Waals surface area contributed by atoms with E-state index in [0.717, 1.165) is 19.3 Å². The SMILES string of the molecule is CO[C@H]1CCC[C@@H]1NC(=O)N1CC(F)C1. The van der Waals surface area contributed by atoms with Gasteiger partial charge in [0.1, 0.15) is 6.17 Å². The predicted octanol–water partition coefficient (Wildman–Crippen LogP) is 0.917. The van der Waals surface area contributed by atoms with Crippen molar-refractivity contribution in [1.82, 2.24) is 10.2 Å². The number of amides is 2. The fourth-order valence-corrected chi connectivity index (χ4v) is 2.21. The maximum atomic E-state index is 12.5. The Balaban J connectivity index is 1.78. The summed E-state index contributed by atoms with van der Waals surface area (Å²) in [5.41, 5.74) is 0. The Morgan fingerprint density at radius 3 is 2.80 bits per heavy atom. The first-order valence-corrected chi connectivity index (χ1v) is 5.43. The highest BCUT2D eigenvalue weighted by Crippen LogP contribution is 2.22. The van der Waals surface area contributed by atoms with E-state index in [1.807, 2.05) is 0 Å². The number of nitrogens with one attached hydrogen (secondary N) is 1. The minimum Gasteiger partial charge on any atom is -0.379 e.